The van der Waals surface area contributed by atoms with Gasteiger partial charge in [-0.1, -0.05) is 42.5 Å². The summed E-state index contributed by atoms with van der Waals surface area (Å²) in [4.78, 5) is 29.1. The summed E-state index contributed by atoms with van der Waals surface area (Å²) in [6, 6.07) is 15.8. The summed E-state index contributed by atoms with van der Waals surface area (Å²) in [5, 5.41) is 0. The molecular formula is C23H25FN2O3. The fourth-order valence-electron chi connectivity index (χ4n) is 4.23. The van der Waals surface area contributed by atoms with Gasteiger partial charge in [0.1, 0.15) is 12.4 Å². The van der Waals surface area contributed by atoms with Crippen LogP contribution in [0.5, 0.6) is 0 Å². The Morgan fingerprint density at radius 3 is 2.69 bits per heavy atom. The molecule has 29 heavy (non-hydrogen) atoms. The van der Waals surface area contributed by atoms with Crippen LogP contribution in [0.2, 0.25) is 0 Å². The molecule has 0 spiro atoms. The highest BCUT2D eigenvalue weighted by molar-refractivity contribution is 5.81. The number of carbonyl (C=O) groups is 2. The molecule has 0 aromatic heterocycles. The highest BCUT2D eigenvalue weighted by Crippen LogP contribution is 2.34. The maximum Gasteiger partial charge on any atom is 0.249 e. The Morgan fingerprint density at radius 2 is 1.93 bits per heavy atom. The predicted octanol–water partition coefficient (Wildman–Crippen LogP) is 2.79. The Kier molecular flexibility index (Phi) is 5.37. The van der Waals surface area contributed by atoms with E-state index in [1.54, 1.807) is 17.0 Å². The zero-order chi connectivity index (χ0) is 20.4. The second-order valence-electron chi connectivity index (χ2n) is 8.02. The maximum absolute atomic E-state index is 13.4. The first kappa shape index (κ1) is 19.6. The topological polar surface area (TPSA) is 49.9 Å². The summed E-state index contributed by atoms with van der Waals surface area (Å²) < 4.78 is 19.4. The van der Waals surface area contributed by atoms with E-state index in [4.69, 9.17) is 4.74 Å². The Bertz CT molecular complexity index is 904. The van der Waals surface area contributed by atoms with Crippen molar-refractivity contribution in [3.05, 3.63) is 71.5 Å². The van der Waals surface area contributed by atoms with E-state index < -0.39 is 5.60 Å². The average Bonchev–Trinajstić information content (AvgIpc) is 2.71. The lowest BCUT2D eigenvalue weighted by atomic mass is 9.85. The number of likely N-dealkylation sites (tertiary alicyclic amines) is 1. The molecule has 2 amide bonds. The van der Waals surface area contributed by atoms with Crippen LogP contribution in [0, 0.1) is 5.82 Å². The van der Waals surface area contributed by atoms with Gasteiger partial charge in [-0.25, -0.2) is 4.39 Å². The molecule has 0 saturated carbocycles. The first-order chi connectivity index (χ1) is 13.9. The van der Waals surface area contributed by atoms with Crippen molar-refractivity contribution < 1.29 is 18.7 Å². The smallest absolute Gasteiger partial charge is 0.249 e. The molecule has 2 saturated heterocycles. The summed E-state index contributed by atoms with van der Waals surface area (Å²) in [7, 11) is 0. The van der Waals surface area contributed by atoms with Crippen LogP contribution in [0.1, 0.15) is 24.5 Å². The third kappa shape index (κ3) is 4.17. The lowest BCUT2D eigenvalue weighted by Gasteiger charge is -2.52. The number of piperidine rings is 1. The predicted molar refractivity (Wildman–Crippen MR) is 106 cm³/mol. The molecule has 2 fully saturated rings. The molecule has 152 valence electrons. The fourth-order valence-corrected chi connectivity index (χ4v) is 4.23. The molecule has 5 nitrogen and oxygen atoms in total. The van der Waals surface area contributed by atoms with E-state index in [1.165, 1.54) is 12.1 Å². The highest BCUT2D eigenvalue weighted by atomic mass is 19.1. The average molecular weight is 396 g/mol. The third-order valence-corrected chi connectivity index (χ3v) is 5.99. The van der Waals surface area contributed by atoms with Crippen LogP contribution in [-0.2, 0) is 27.3 Å². The number of hydrogen-bond donors (Lipinski definition) is 0. The zero-order valence-corrected chi connectivity index (χ0v) is 16.5. The van der Waals surface area contributed by atoms with Crippen molar-refractivity contribution in [2.45, 2.75) is 38.0 Å². The minimum Gasteiger partial charge on any atom is -0.363 e. The fraction of sp³-hybridized carbons (Fsp3) is 0.391. The molecule has 0 aliphatic carbocycles. The van der Waals surface area contributed by atoms with E-state index in [0.29, 0.717) is 31.6 Å². The molecule has 2 atom stereocenters. The second-order valence-corrected chi connectivity index (χ2v) is 8.02. The number of nitrogens with zero attached hydrogens (tertiary/aromatic N) is 2. The van der Waals surface area contributed by atoms with Gasteiger partial charge >= 0.3 is 0 Å². The number of hydrogen-bond acceptors (Lipinski definition) is 3. The largest absolute Gasteiger partial charge is 0.363 e. The third-order valence-electron chi connectivity index (χ3n) is 5.99. The van der Waals surface area contributed by atoms with Crippen LogP contribution < -0.4 is 0 Å². The van der Waals surface area contributed by atoms with Crippen molar-refractivity contribution in [2.24, 2.45) is 0 Å². The Balaban J connectivity index is 1.51. The van der Waals surface area contributed by atoms with Crippen molar-refractivity contribution in [3.8, 4) is 0 Å². The van der Waals surface area contributed by atoms with E-state index in [9.17, 15) is 14.0 Å². The van der Waals surface area contributed by atoms with Crippen LogP contribution in [-0.4, -0.2) is 53.0 Å². The molecular weight excluding hydrogens is 371 g/mol. The molecule has 0 bridgehead atoms. The zero-order valence-electron chi connectivity index (χ0n) is 16.5. The van der Waals surface area contributed by atoms with Crippen molar-refractivity contribution in [3.63, 3.8) is 0 Å². The van der Waals surface area contributed by atoms with Gasteiger partial charge in [-0.3, -0.25) is 9.59 Å². The SMILES string of the molecule is C[C@@]12CCN(C(=O)Cc3cccc(F)c3)C[C@H]1N(Cc1ccccc1)C(=O)CO2. The van der Waals surface area contributed by atoms with E-state index in [-0.39, 0.29) is 36.7 Å². The molecule has 2 aliphatic heterocycles. The number of halogens is 1. The van der Waals surface area contributed by atoms with Gasteiger partial charge in [-0.2, -0.15) is 0 Å². The summed E-state index contributed by atoms with van der Waals surface area (Å²) in [5.41, 5.74) is 1.23. The molecule has 0 unspecified atom stereocenters. The van der Waals surface area contributed by atoms with E-state index in [1.807, 2.05) is 42.2 Å². The highest BCUT2D eigenvalue weighted by Gasteiger charge is 2.49. The monoisotopic (exact) mass is 396 g/mol. The number of amides is 2. The first-order valence-corrected chi connectivity index (χ1v) is 9.94. The summed E-state index contributed by atoms with van der Waals surface area (Å²) in [5.74, 6) is -0.465. The van der Waals surface area contributed by atoms with E-state index in [0.717, 1.165) is 5.56 Å². The minimum atomic E-state index is -0.474. The quantitative estimate of drug-likeness (QED) is 0.799. The van der Waals surface area contributed by atoms with Gasteiger partial charge in [0.2, 0.25) is 11.8 Å². The van der Waals surface area contributed by atoms with Crippen LogP contribution in [0.4, 0.5) is 4.39 Å². The molecule has 0 radical (unpaired) electrons. The summed E-state index contributed by atoms with van der Waals surface area (Å²) >= 11 is 0. The van der Waals surface area contributed by atoms with Crippen molar-refractivity contribution in [1.82, 2.24) is 9.80 Å². The standard InChI is InChI=1S/C23H25FN2O3/c1-23-10-11-25(21(27)13-18-8-5-9-19(24)12-18)15-20(23)26(22(28)16-29-23)14-17-6-3-2-4-7-17/h2-9,12,20H,10-11,13-16H2,1H3/t20-,23-/m1/s1. The normalized spacial score (nSPS) is 24.3. The molecule has 2 aliphatic rings. The van der Waals surface area contributed by atoms with Crippen LogP contribution in [0.15, 0.2) is 54.6 Å². The molecule has 2 heterocycles. The molecule has 4 rings (SSSR count). The van der Waals surface area contributed by atoms with Crippen LogP contribution in [0.3, 0.4) is 0 Å². The summed E-state index contributed by atoms with van der Waals surface area (Å²) in [6.07, 6.45) is 0.805. The van der Waals surface area contributed by atoms with Gasteiger partial charge in [0, 0.05) is 19.6 Å². The van der Waals surface area contributed by atoms with Crippen molar-refractivity contribution in [1.29, 1.82) is 0 Å². The van der Waals surface area contributed by atoms with Crippen LogP contribution >= 0.6 is 0 Å². The van der Waals surface area contributed by atoms with Gasteiger partial charge in [-0.05, 0) is 36.6 Å². The van der Waals surface area contributed by atoms with Crippen LogP contribution in [0.25, 0.3) is 0 Å². The number of morpholine rings is 1. The molecule has 0 N–H and O–H groups in total. The lowest BCUT2D eigenvalue weighted by molar-refractivity contribution is -0.190. The molecule has 2 aromatic carbocycles. The Hall–Kier alpha value is -2.73. The van der Waals surface area contributed by atoms with Gasteiger partial charge in [0.15, 0.2) is 0 Å². The summed E-state index contributed by atoms with van der Waals surface area (Å²) in [6.45, 7) is 3.57. The molecule has 2 aromatic rings. The number of rotatable bonds is 4. The first-order valence-electron chi connectivity index (χ1n) is 9.94. The van der Waals surface area contributed by atoms with E-state index >= 15 is 0 Å². The maximum atomic E-state index is 13.4. The van der Waals surface area contributed by atoms with Gasteiger partial charge in [0.25, 0.3) is 0 Å². The number of fused-ring (bicyclic) bond motifs is 1. The number of ether oxygens (including phenoxy) is 1. The Labute approximate surface area is 170 Å². The minimum absolute atomic E-state index is 0.0595. The second kappa shape index (κ2) is 7.95. The van der Waals surface area contributed by atoms with E-state index in [2.05, 4.69) is 0 Å². The number of benzene rings is 2. The van der Waals surface area contributed by atoms with Crippen molar-refractivity contribution >= 4 is 11.8 Å². The van der Waals surface area contributed by atoms with Gasteiger partial charge in [-0.15, -0.1) is 0 Å². The Morgan fingerprint density at radius 1 is 1.17 bits per heavy atom. The molecule has 6 heteroatoms. The van der Waals surface area contributed by atoms with Crippen molar-refractivity contribution in [2.75, 3.05) is 19.7 Å². The lowest BCUT2D eigenvalue weighted by Crippen LogP contribution is -2.67. The number of carbonyl (C=O) groups excluding carboxylic acids is 2. The van der Waals surface area contributed by atoms with Gasteiger partial charge in [0.05, 0.1) is 18.1 Å². The van der Waals surface area contributed by atoms with Gasteiger partial charge < -0.3 is 14.5 Å².